The fourth-order valence-electron chi connectivity index (χ4n) is 3.21. The summed E-state index contributed by atoms with van der Waals surface area (Å²) >= 11 is 0. The Balaban J connectivity index is 1.51. The zero-order valence-corrected chi connectivity index (χ0v) is 16.2. The first kappa shape index (κ1) is 18.1. The lowest BCUT2D eigenvalue weighted by Gasteiger charge is -2.07. The van der Waals surface area contributed by atoms with Crippen LogP contribution in [0.5, 0.6) is 0 Å². The molecule has 0 bridgehead atoms. The van der Waals surface area contributed by atoms with Gasteiger partial charge in [-0.1, -0.05) is 26.0 Å². The van der Waals surface area contributed by atoms with E-state index < -0.39 is 0 Å². The summed E-state index contributed by atoms with van der Waals surface area (Å²) in [6.07, 6.45) is 8.00. The van der Waals surface area contributed by atoms with Crippen molar-refractivity contribution in [3.63, 3.8) is 0 Å². The second kappa shape index (κ2) is 8.16. The smallest absolute Gasteiger partial charge is 0.206 e. The predicted octanol–water partition coefficient (Wildman–Crippen LogP) is 3.20. The van der Waals surface area contributed by atoms with Crippen molar-refractivity contribution in [2.75, 3.05) is 0 Å². The summed E-state index contributed by atoms with van der Waals surface area (Å²) in [7, 11) is 0. The summed E-state index contributed by atoms with van der Waals surface area (Å²) in [5.74, 6) is 2.61. The number of H-pyrrole nitrogens is 1. The number of tetrazole rings is 1. The lowest BCUT2D eigenvalue weighted by molar-refractivity contribution is 0.623. The van der Waals surface area contributed by atoms with Gasteiger partial charge in [-0.15, -0.1) is 10.2 Å². The first-order valence-corrected chi connectivity index (χ1v) is 9.70. The maximum Gasteiger partial charge on any atom is 0.206 e. The minimum atomic E-state index is 0.591. The summed E-state index contributed by atoms with van der Waals surface area (Å²) in [6, 6.07) is 10.5. The van der Waals surface area contributed by atoms with E-state index >= 15 is 0 Å². The van der Waals surface area contributed by atoms with E-state index in [0.29, 0.717) is 5.82 Å². The Morgan fingerprint density at radius 3 is 2.54 bits per heavy atom. The largest absolute Gasteiger partial charge is 0.323 e. The monoisotopic (exact) mass is 376 g/mol. The molecule has 0 spiro atoms. The van der Waals surface area contributed by atoms with E-state index in [1.807, 2.05) is 27.7 Å². The van der Waals surface area contributed by atoms with Crippen molar-refractivity contribution < 1.29 is 0 Å². The maximum atomic E-state index is 4.71. The summed E-state index contributed by atoms with van der Waals surface area (Å²) < 4.78 is 4.10. The topological polar surface area (TPSA) is 90.1 Å². The van der Waals surface area contributed by atoms with Crippen LogP contribution in [0.3, 0.4) is 0 Å². The Morgan fingerprint density at radius 1 is 1.00 bits per heavy atom. The van der Waals surface area contributed by atoms with Crippen LogP contribution in [0.4, 0.5) is 0 Å². The molecular weight excluding hydrogens is 352 g/mol. The molecule has 0 radical (unpaired) electrons. The van der Waals surface area contributed by atoms with Crippen molar-refractivity contribution in [3.8, 4) is 17.1 Å². The van der Waals surface area contributed by atoms with Crippen LogP contribution in [0.25, 0.3) is 17.1 Å². The molecule has 8 heteroatoms. The first-order valence-electron chi connectivity index (χ1n) is 9.70. The van der Waals surface area contributed by atoms with E-state index in [4.69, 9.17) is 10.1 Å². The van der Waals surface area contributed by atoms with Gasteiger partial charge in [0.1, 0.15) is 5.82 Å². The molecule has 0 aliphatic heterocycles. The fraction of sp³-hybridized carbons (Fsp3) is 0.350. The van der Waals surface area contributed by atoms with Crippen LogP contribution < -0.4 is 0 Å². The van der Waals surface area contributed by atoms with E-state index in [0.717, 1.165) is 55.1 Å². The number of rotatable bonds is 8. The van der Waals surface area contributed by atoms with Crippen molar-refractivity contribution in [3.05, 3.63) is 59.9 Å². The van der Waals surface area contributed by atoms with E-state index in [9.17, 15) is 0 Å². The van der Waals surface area contributed by atoms with Gasteiger partial charge in [0.15, 0.2) is 5.82 Å². The molecule has 0 aliphatic carbocycles. The van der Waals surface area contributed by atoms with Gasteiger partial charge in [0.2, 0.25) is 5.82 Å². The lowest BCUT2D eigenvalue weighted by Crippen LogP contribution is -2.07. The third-order valence-electron chi connectivity index (χ3n) is 4.60. The Kier molecular flexibility index (Phi) is 5.27. The Hall–Kier alpha value is -3.29. The Morgan fingerprint density at radius 2 is 1.82 bits per heavy atom. The van der Waals surface area contributed by atoms with Crippen LogP contribution in [0.1, 0.15) is 43.9 Å². The summed E-state index contributed by atoms with van der Waals surface area (Å²) in [5, 5.41) is 18.8. The first-order chi connectivity index (χ1) is 13.8. The summed E-state index contributed by atoms with van der Waals surface area (Å²) in [6.45, 7) is 5.07. The van der Waals surface area contributed by atoms with Gasteiger partial charge in [-0.2, -0.15) is 10.3 Å². The van der Waals surface area contributed by atoms with Crippen LogP contribution in [0, 0.1) is 0 Å². The highest BCUT2D eigenvalue weighted by atomic mass is 15.5. The molecule has 4 rings (SSSR count). The standard InChI is InChI=1S/C20H24N8/c1-3-5-18-21-19(6-4-2)28(24-18)13-15-7-9-17(10-8-15)27-12-11-16(14-27)20-22-25-26-23-20/h7-12,14H,3-6,13H2,1-2H3,(H,22,23,25,26). The van der Waals surface area contributed by atoms with Crippen molar-refractivity contribution in [1.29, 1.82) is 0 Å². The number of aromatic amines is 1. The van der Waals surface area contributed by atoms with Crippen LogP contribution in [-0.2, 0) is 19.4 Å². The van der Waals surface area contributed by atoms with Gasteiger partial charge in [0.05, 0.1) is 6.54 Å². The normalized spacial score (nSPS) is 11.2. The minimum Gasteiger partial charge on any atom is -0.323 e. The molecule has 0 saturated heterocycles. The SMILES string of the molecule is CCCc1nc(CCC)n(Cc2ccc(-n3ccc(-c4nn[nH]n4)c3)cc2)n1. The number of aryl methyl sites for hydroxylation is 2. The number of benzene rings is 1. The molecule has 1 aromatic carbocycles. The maximum absolute atomic E-state index is 4.71. The Labute approximate surface area is 163 Å². The third-order valence-corrected chi connectivity index (χ3v) is 4.60. The zero-order chi connectivity index (χ0) is 19.3. The number of aromatic nitrogens is 8. The summed E-state index contributed by atoms with van der Waals surface area (Å²) in [4.78, 5) is 4.71. The highest BCUT2D eigenvalue weighted by Crippen LogP contribution is 2.18. The highest BCUT2D eigenvalue weighted by molar-refractivity contribution is 5.54. The molecule has 0 saturated carbocycles. The van der Waals surface area contributed by atoms with Crippen LogP contribution in [0.15, 0.2) is 42.7 Å². The van der Waals surface area contributed by atoms with Gasteiger partial charge in [0.25, 0.3) is 0 Å². The van der Waals surface area contributed by atoms with Gasteiger partial charge in [-0.05, 0) is 41.8 Å². The molecular formula is C20H24N8. The fourth-order valence-corrected chi connectivity index (χ4v) is 3.21. The molecule has 3 heterocycles. The molecule has 144 valence electrons. The molecule has 0 amide bonds. The zero-order valence-electron chi connectivity index (χ0n) is 16.2. The van der Waals surface area contributed by atoms with E-state index in [-0.39, 0.29) is 0 Å². The minimum absolute atomic E-state index is 0.591. The number of hydrogen-bond acceptors (Lipinski definition) is 5. The van der Waals surface area contributed by atoms with Crippen molar-refractivity contribution in [1.82, 2.24) is 40.0 Å². The summed E-state index contributed by atoms with van der Waals surface area (Å²) in [5.41, 5.74) is 3.21. The number of hydrogen-bond donors (Lipinski definition) is 1. The molecule has 1 N–H and O–H groups in total. The van der Waals surface area contributed by atoms with Gasteiger partial charge < -0.3 is 4.57 Å². The van der Waals surface area contributed by atoms with Crippen LogP contribution in [-0.4, -0.2) is 40.0 Å². The third kappa shape index (κ3) is 3.85. The lowest BCUT2D eigenvalue weighted by atomic mass is 10.2. The second-order valence-corrected chi connectivity index (χ2v) is 6.81. The van der Waals surface area contributed by atoms with E-state index in [2.05, 4.69) is 58.7 Å². The van der Waals surface area contributed by atoms with Crippen molar-refractivity contribution in [2.24, 2.45) is 0 Å². The average Bonchev–Trinajstić information content (AvgIpc) is 3.44. The van der Waals surface area contributed by atoms with Gasteiger partial charge in [-0.3, -0.25) is 0 Å². The van der Waals surface area contributed by atoms with Crippen LogP contribution in [0.2, 0.25) is 0 Å². The van der Waals surface area contributed by atoms with E-state index in [1.165, 1.54) is 5.56 Å². The molecule has 3 aromatic heterocycles. The molecule has 0 fully saturated rings. The molecule has 0 aliphatic rings. The molecule has 28 heavy (non-hydrogen) atoms. The quantitative estimate of drug-likeness (QED) is 0.510. The van der Waals surface area contributed by atoms with Gasteiger partial charge >= 0.3 is 0 Å². The van der Waals surface area contributed by atoms with Crippen molar-refractivity contribution >= 4 is 0 Å². The van der Waals surface area contributed by atoms with Crippen LogP contribution >= 0.6 is 0 Å². The predicted molar refractivity (Wildman–Crippen MR) is 106 cm³/mol. The van der Waals surface area contributed by atoms with E-state index in [1.54, 1.807) is 0 Å². The van der Waals surface area contributed by atoms with Gasteiger partial charge in [0, 0.05) is 36.5 Å². The molecule has 4 aromatic rings. The number of nitrogens with zero attached hydrogens (tertiary/aromatic N) is 7. The van der Waals surface area contributed by atoms with Gasteiger partial charge in [-0.25, -0.2) is 9.67 Å². The Bertz CT molecular complexity index is 1010. The number of nitrogens with one attached hydrogen (secondary N) is 1. The molecule has 8 nitrogen and oxygen atoms in total. The highest BCUT2D eigenvalue weighted by Gasteiger charge is 2.10. The molecule has 0 unspecified atom stereocenters. The average molecular weight is 376 g/mol. The molecule has 0 atom stereocenters. The second-order valence-electron chi connectivity index (χ2n) is 6.81. The van der Waals surface area contributed by atoms with Crippen molar-refractivity contribution in [2.45, 2.75) is 46.1 Å².